The van der Waals surface area contributed by atoms with E-state index in [2.05, 4.69) is 26.1 Å². The molecular weight excluding hydrogens is 430 g/mol. The predicted molar refractivity (Wildman–Crippen MR) is 111 cm³/mol. The second-order valence-corrected chi connectivity index (χ2v) is 11.4. The highest BCUT2D eigenvalue weighted by atomic mass is 79.9. The van der Waals surface area contributed by atoms with Gasteiger partial charge in [0.25, 0.3) is 0 Å². The van der Waals surface area contributed by atoms with Gasteiger partial charge in [0, 0.05) is 22.2 Å². The SMILES string of the molecule is CC1(C)CC2(CCN(CC(=O)Nc3ccc(Br)cc3)CC2)CN1S(C)(=O)=O. The van der Waals surface area contributed by atoms with E-state index in [1.165, 1.54) is 6.26 Å². The van der Waals surface area contributed by atoms with E-state index in [0.29, 0.717) is 13.1 Å². The molecule has 0 bridgehead atoms. The molecule has 0 aromatic heterocycles. The number of carbonyl (C=O) groups excluding carboxylic acids is 1. The Morgan fingerprint density at radius 2 is 1.78 bits per heavy atom. The van der Waals surface area contributed by atoms with Gasteiger partial charge in [0.2, 0.25) is 15.9 Å². The third-order valence-corrected chi connectivity index (χ3v) is 7.73. The molecule has 27 heavy (non-hydrogen) atoms. The summed E-state index contributed by atoms with van der Waals surface area (Å²) >= 11 is 3.38. The fourth-order valence-corrected chi connectivity index (χ4v) is 6.34. The van der Waals surface area contributed by atoms with Gasteiger partial charge in [-0.2, -0.15) is 4.31 Å². The zero-order valence-electron chi connectivity index (χ0n) is 16.2. The summed E-state index contributed by atoms with van der Waals surface area (Å²) in [5.41, 5.74) is 0.484. The molecule has 1 aromatic rings. The third-order valence-electron chi connectivity index (χ3n) is 5.77. The lowest BCUT2D eigenvalue weighted by molar-refractivity contribution is -0.117. The first-order valence-electron chi connectivity index (χ1n) is 9.25. The average Bonchev–Trinajstić information content (AvgIpc) is 2.83. The minimum absolute atomic E-state index is 0.0159. The van der Waals surface area contributed by atoms with Crippen LogP contribution in [-0.4, -0.2) is 61.5 Å². The summed E-state index contributed by atoms with van der Waals surface area (Å²) in [7, 11) is -3.20. The number of rotatable bonds is 4. The number of piperidine rings is 1. The third kappa shape index (κ3) is 4.91. The Kier molecular flexibility index (Phi) is 5.74. The van der Waals surface area contributed by atoms with Crippen LogP contribution >= 0.6 is 15.9 Å². The maximum atomic E-state index is 12.3. The molecule has 0 radical (unpaired) electrons. The van der Waals surface area contributed by atoms with Crippen molar-refractivity contribution < 1.29 is 13.2 Å². The molecule has 1 spiro atoms. The first-order chi connectivity index (χ1) is 12.5. The van der Waals surface area contributed by atoms with Gasteiger partial charge in [-0.15, -0.1) is 0 Å². The van der Waals surface area contributed by atoms with Crippen molar-refractivity contribution in [2.45, 2.75) is 38.6 Å². The molecule has 0 unspecified atom stereocenters. The molecule has 150 valence electrons. The van der Waals surface area contributed by atoms with Crippen LogP contribution in [0.4, 0.5) is 5.69 Å². The Morgan fingerprint density at radius 3 is 2.30 bits per heavy atom. The summed E-state index contributed by atoms with van der Waals surface area (Å²) < 4.78 is 26.9. The van der Waals surface area contributed by atoms with E-state index in [-0.39, 0.29) is 16.9 Å². The second kappa shape index (κ2) is 7.46. The summed E-state index contributed by atoms with van der Waals surface area (Å²) in [6.07, 6.45) is 4.03. The molecule has 2 aliphatic rings. The van der Waals surface area contributed by atoms with Gasteiger partial charge >= 0.3 is 0 Å². The number of hydrogen-bond donors (Lipinski definition) is 1. The summed E-state index contributed by atoms with van der Waals surface area (Å²) in [5, 5.41) is 2.93. The van der Waals surface area contributed by atoms with Crippen LogP contribution in [0.1, 0.15) is 33.1 Å². The molecule has 8 heteroatoms. The quantitative estimate of drug-likeness (QED) is 0.754. The fraction of sp³-hybridized carbons (Fsp3) is 0.632. The van der Waals surface area contributed by atoms with Gasteiger partial charge in [-0.1, -0.05) is 15.9 Å². The Morgan fingerprint density at radius 1 is 1.19 bits per heavy atom. The number of amides is 1. The van der Waals surface area contributed by atoms with Gasteiger partial charge in [0.1, 0.15) is 0 Å². The highest BCUT2D eigenvalue weighted by molar-refractivity contribution is 9.10. The summed E-state index contributed by atoms with van der Waals surface area (Å²) in [5.74, 6) is -0.0159. The molecule has 6 nitrogen and oxygen atoms in total. The molecule has 0 aliphatic carbocycles. The maximum Gasteiger partial charge on any atom is 0.238 e. The van der Waals surface area contributed by atoms with Gasteiger partial charge in [-0.3, -0.25) is 9.69 Å². The minimum Gasteiger partial charge on any atom is -0.325 e. The molecule has 2 fully saturated rings. The average molecular weight is 458 g/mol. The largest absolute Gasteiger partial charge is 0.325 e. The van der Waals surface area contributed by atoms with Crippen LogP contribution < -0.4 is 5.32 Å². The van der Waals surface area contributed by atoms with Crippen LogP contribution in [0.15, 0.2) is 28.7 Å². The van der Waals surface area contributed by atoms with Crippen LogP contribution in [-0.2, 0) is 14.8 Å². The van der Waals surface area contributed by atoms with Crippen molar-refractivity contribution in [1.82, 2.24) is 9.21 Å². The summed E-state index contributed by atoms with van der Waals surface area (Å²) in [6, 6.07) is 7.53. The lowest BCUT2D eigenvalue weighted by Gasteiger charge is -2.39. The Balaban J connectivity index is 1.54. The Labute approximate surface area is 170 Å². The maximum absolute atomic E-state index is 12.3. The molecule has 1 amide bonds. The van der Waals surface area contributed by atoms with Crippen LogP contribution in [0.3, 0.4) is 0 Å². The Hall–Kier alpha value is -0.960. The van der Waals surface area contributed by atoms with Crippen molar-refractivity contribution in [2.75, 3.05) is 37.8 Å². The molecule has 1 aromatic carbocycles. The van der Waals surface area contributed by atoms with Crippen LogP contribution in [0.5, 0.6) is 0 Å². The highest BCUT2D eigenvalue weighted by Gasteiger charge is 2.52. The number of sulfonamides is 1. The van der Waals surface area contributed by atoms with E-state index in [0.717, 1.165) is 42.5 Å². The molecule has 3 rings (SSSR count). The number of nitrogens with zero attached hydrogens (tertiary/aromatic N) is 2. The molecular formula is C19H28BrN3O3S. The number of halogens is 1. The monoisotopic (exact) mass is 457 g/mol. The van der Waals surface area contributed by atoms with Crippen molar-refractivity contribution in [2.24, 2.45) is 5.41 Å². The molecule has 0 saturated carbocycles. The standard InChI is InChI=1S/C19H28BrN3O3S/c1-18(2)13-19(14-23(18)27(3,25)26)8-10-22(11-9-19)12-17(24)21-16-6-4-15(20)5-7-16/h4-7H,8-14H2,1-3H3,(H,21,24). The van der Waals surface area contributed by atoms with E-state index >= 15 is 0 Å². The van der Waals surface area contributed by atoms with E-state index in [1.54, 1.807) is 4.31 Å². The van der Waals surface area contributed by atoms with E-state index < -0.39 is 10.0 Å². The van der Waals surface area contributed by atoms with Gasteiger partial charge in [0.15, 0.2) is 0 Å². The van der Waals surface area contributed by atoms with Crippen LogP contribution in [0.25, 0.3) is 0 Å². The number of hydrogen-bond acceptors (Lipinski definition) is 4. The predicted octanol–water partition coefficient (Wildman–Crippen LogP) is 2.91. The van der Waals surface area contributed by atoms with Gasteiger partial charge in [0.05, 0.1) is 12.8 Å². The first-order valence-corrected chi connectivity index (χ1v) is 11.9. The minimum atomic E-state index is -3.20. The van der Waals surface area contributed by atoms with Crippen molar-refractivity contribution in [1.29, 1.82) is 0 Å². The lowest BCUT2D eigenvalue weighted by Crippen LogP contribution is -2.45. The highest BCUT2D eigenvalue weighted by Crippen LogP contribution is 2.48. The van der Waals surface area contributed by atoms with Gasteiger partial charge in [-0.25, -0.2) is 8.42 Å². The van der Waals surface area contributed by atoms with E-state index in [9.17, 15) is 13.2 Å². The number of benzene rings is 1. The zero-order valence-corrected chi connectivity index (χ0v) is 18.6. The Bertz CT molecular complexity index is 800. The topological polar surface area (TPSA) is 69.7 Å². The molecule has 2 aliphatic heterocycles. The van der Waals surface area contributed by atoms with Crippen molar-refractivity contribution >= 4 is 37.5 Å². The van der Waals surface area contributed by atoms with Gasteiger partial charge < -0.3 is 5.32 Å². The first kappa shape index (κ1) is 20.8. The van der Waals surface area contributed by atoms with Crippen molar-refractivity contribution in [3.8, 4) is 0 Å². The van der Waals surface area contributed by atoms with E-state index in [4.69, 9.17) is 0 Å². The molecule has 1 N–H and O–H groups in total. The molecule has 0 atom stereocenters. The summed E-state index contributed by atoms with van der Waals surface area (Å²) in [6.45, 7) is 6.63. The smallest absolute Gasteiger partial charge is 0.238 e. The molecule has 2 saturated heterocycles. The van der Waals surface area contributed by atoms with Crippen molar-refractivity contribution in [3.05, 3.63) is 28.7 Å². The van der Waals surface area contributed by atoms with Crippen molar-refractivity contribution in [3.63, 3.8) is 0 Å². The number of likely N-dealkylation sites (tertiary alicyclic amines) is 1. The zero-order chi connectivity index (χ0) is 19.9. The van der Waals surface area contributed by atoms with E-state index in [1.807, 2.05) is 38.1 Å². The lowest BCUT2D eigenvalue weighted by atomic mass is 9.74. The van der Waals surface area contributed by atoms with Crippen LogP contribution in [0.2, 0.25) is 0 Å². The van der Waals surface area contributed by atoms with Gasteiger partial charge in [-0.05, 0) is 75.9 Å². The van der Waals surface area contributed by atoms with Crippen LogP contribution in [0, 0.1) is 5.41 Å². The second-order valence-electron chi connectivity index (χ2n) is 8.59. The number of nitrogens with one attached hydrogen (secondary N) is 1. The summed E-state index contributed by atoms with van der Waals surface area (Å²) in [4.78, 5) is 14.5. The fourth-order valence-electron chi connectivity index (χ4n) is 4.60. The molecule has 2 heterocycles. The number of carbonyl (C=O) groups is 1. The normalized spacial score (nSPS) is 22.8. The number of anilines is 1.